The monoisotopic (exact) mass is 417 g/mol. The minimum Gasteiger partial charge on any atom is -0.495 e. The molecule has 10 heteroatoms. The van der Waals surface area contributed by atoms with E-state index >= 15 is 0 Å². The summed E-state index contributed by atoms with van der Waals surface area (Å²) < 4.78 is 38.2. The van der Waals surface area contributed by atoms with E-state index in [-0.39, 0.29) is 34.8 Å². The Bertz CT molecular complexity index is 1100. The fourth-order valence-electron chi connectivity index (χ4n) is 2.88. The van der Waals surface area contributed by atoms with Crippen LogP contribution in [0.3, 0.4) is 0 Å². The first-order valence-electron chi connectivity index (χ1n) is 8.94. The Hall–Kier alpha value is -3.11. The summed E-state index contributed by atoms with van der Waals surface area (Å²) in [6.07, 6.45) is 1.58. The first-order valence-corrected chi connectivity index (χ1v) is 10.4. The molecule has 1 heterocycles. The van der Waals surface area contributed by atoms with E-state index in [0.717, 1.165) is 12.8 Å². The van der Waals surface area contributed by atoms with E-state index in [1.54, 1.807) is 18.2 Å². The number of ether oxygens (including phenoxy) is 2. The van der Waals surface area contributed by atoms with E-state index in [1.165, 1.54) is 25.3 Å². The van der Waals surface area contributed by atoms with Crippen molar-refractivity contribution in [2.75, 3.05) is 24.4 Å². The second-order valence-electron chi connectivity index (χ2n) is 6.76. The van der Waals surface area contributed by atoms with Crippen LogP contribution in [0, 0.1) is 0 Å². The lowest BCUT2D eigenvalue weighted by Gasteiger charge is -2.18. The van der Waals surface area contributed by atoms with Crippen molar-refractivity contribution >= 4 is 33.2 Å². The molecule has 3 N–H and O–H groups in total. The maximum absolute atomic E-state index is 12.7. The highest BCUT2D eigenvalue weighted by molar-refractivity contribution is 7.89. The van der Waals surface area contributed by atoms with E-state index in [0.29, 0.717) is 17.1 Å². The number of carbonyl (C=O) groups is 2. The zero-order valence-corrected chi connectivity index (χ0v) is 16.3. The van der Waals surface area contributed by atoms with E-state index in [4.69, 9.17) is 9.47 Å². The first-order chi connectivity index (χ1) is 13.9. The number of hydrogen-bond acceptors (Lipinski definition) is 6. The third-order valence-electron chi connectivity index (χ3n) is 4.48. The Labute approximate surface area is 167 Å². The quantitative estimate of drug-likeness (QED) is 0.658. The topological polar surface area (TPSA) is 123 Å². The number of carbonyl (C=O) groups excluding carboxylic acids is 2. The minimum atomic E-state index is -3.81. The van der Waals surface area contributed by atoms with Gasteiger partial charge in [-0.2, -0.15) is 0 Å². The van der Waals surface area contributed by atoms with Crippen molar-refractivity contribution < 1.29 is 27.5 Å². The van der Waals surface area contributed by atoms with Gasteiger partial charge < -0.3 is 20.1 Å². The average Bonchev–Trinajstić information content (AvgIpc) is 3.50. The first kappa shape index (κ1) is 19.2. The van der Waals surface area contributed by atoms with Crippen LogP contribution in [-0.2, 0) is 14.8 Å². The molecule has 0 aromatic heterocycles. The predicted octanol–water partition coefficient (Wildman–Crippen LogP) is 1.72. The summed E-state index contributed by atoms with van der Waals surface area (Å²) in [5.74, 6) is -0.123. The number of fused-ring (bicyclic) bond motifs is 1. The molecule has 9 nitrogen and oxygen atoms in total. The summed E-state index contributed by atoms with van der Waals surface area (Å²) in [6, 6.07) is 8.96. The summed E-state index contributed by atoms with van der Waals surface area (Å²) in [7, 11) is -2.44. The number of methoxy groups -OCH3 is 1. The standard InChI is InChI=1S/C19H19N3O6S/c1-27-16-6-2-11(8-17(16)29(25,26)22-12-3-4-12)19(24)20-13-5-7-15-14(9-13)21-18(23)10-28-15/h2,5-9,12,22H,3-4,10H2,1H3,(H,20,24)(H,21,23). The smallest absolute Gasteiger partial charge is 0.262 e. The van der Waals surface area contributed by atoms with Gasteiger partial charge in [-0.25, -0.2) is 13.1 Å². The van der Waals surface area contributed by atoms with Crippen LogP contribution in [0.25, 0.3) is 0 Å². The fourth-order valence-corrected chi connectivity index (χ4v) is 4.38. The van der Waals surface area contributed by atoms with Gasteiger partial charge >= 0.3 is 0 Å². The lowest BCUT2D eigenvalue weighted by molar-refractivity contribution is -0.118. The van der Waals surface area contributed by atoms with E-state index in [1.807, 2.05) is 0 Å². The number of amides is 2. The van der Waals surface area contributed by atoms with Gasteiger partial charge in [0.1, 0.15) is 16.4 Å². The Morgan fingerprint density at radius 2 is 2.00 bits per heavy atom. The second-order valence-corrected chi connectivity index (χ2v) is 8.45. The van der Waals surface area contributed by atoms with Crippen LogP contribution in [0.5, 0.6) is 11.5 Å². The van der Waals surface area contributed by atoms with Crippen molar-refractivity contribution in [3.8, 4) is 11.5 Å². The molecule has 1 fully saturated rings. The van der Waals surface area contributed by atoms with Crippen LogP contribution in [0.15, 0.2) is 41.3 Å². The van der Waals surface area contributed by atoms with Crippen LogP contribution < -0.4 is 24.8 Å². The molecule has 1 aliphatic heterocycles. The van der Waals surface area contributed by atoms with Gasteiger partial charge in [-0.05, 0) is 49.2 Å². The molecule has 1 saturated carbocycles. The number of rotatable bonds is 6. The summed E-state index contributed by atoms with van der Waals surface area (Å²) >= 11 is 0. The highest BCUT2D eigenvalue weighted by atomic mass is 32.2. The lowest BCUT2D eigenvalue weighted by atomic mass is 10.2. The van der Waals surface area contributed by atoms with Gasteiger partial charge in [0.25, 0.3) is 11.8 Å². The Balaban J connectivity index is 1.58. The molecule has 0 atom stereocenters. The minimum absolute atomic E-state index is 0.0588. The molecule has 0 saturated heterocycles. The highest BCUT2D eigenvalue weighted by Gasteiger charge is 2.30. The van der Waals surface area contributed by atoms with Gasteiger partial charge in [-0.3, -0.25) is 9.59 Å². The van der Waals surface area contributed by atoms with Gasteiger partial charge in [0.05, 0.1) is 12.8 Å². The largest absolute Gasteiger partial charge is 0.495 e. The van der Waals surface area contributed by atoms with Crippen LogP contribution in [0.4, 0.5) is 11.4 Å². The molecule has 1 aliphatic carbocycles. The lowest BCUT2D eigenvalue weighted by Crippen LogP contribution is -2.26. The number of nitrogens with one attached hydrogen (secondary N) is 3. The molecular weight excluding hydrogens is 398 g/mol. The van der Waals surface area contributed by atoms with Crippen molar-refractivity contribution in [1.29, 1.82) is 0 Å². The molecule has 152 valence electrons. The Morgan fingerprint density at radius 1 is 1.21 bits per heavy atom. The molecular formula is C19H19N3O6S. The van der Waals surface area contributed by atoms with Crippen LogP contribution >= 0.6 is 0 Å². The second kappa shape index (κ2) is 7.37. The van der Waals surface area contributed by atoms with Gasteiger partial charge in [0.2, 0.25) is 10.0 Å². The molecule has 2 aromatic rings. The zero-order chi connectivity index (χ0) is 20.6. The van der Waals surface area contributed by atoms with Gasteiger partial charge in [0, 0.05) is 17.3 Å². The summed E-state index contributed by atoms with van der Waals surface area (Å²) in [5.41, 5.74) is 1.03. The van der Waals surface area contributed by atoms with E-state index in [9.17, 15) is 18.0 Å². The zero-order valence-electron chi connectivity index (χ0n) is 15.5. The Morgan fingerprint density at radius 3 is 2.72 bits per heavy atom. The molecule has 0 spiro atoms. The molecule has 4 rings (SSSR count). The third kappa shape index (κ3) is 4.17. The molecule has 0 bridgehead atoms. The van der Waals surface area contributed by atoms with Crippen molar-refractivity contribution in [1.82, 2.24) is 4.72 Å². The third-order valence-corrected chi connectivity index (χ3v) is 6.03. The van der Waals surface area contributed by atoms with Gasteiger partial charge in [-0.15, -0.1) is 0 Å². The predicted molar refractivity (Wildman–Crippen MR) is 105 cm³/mol. The van der Waals surface area contributed by atoms with Gasteiger partial charge in [-0.1, -0.05) is 0 Å². The molecule has 2 aliphatic rings. The summed E-state index contributed by atoms with van der Waals surface area (Å²) in [5, 5.41) is 5.35. The van der Waals surface area contributed by atoms with Crippen LogP contribution in [0.1, 0.15) is 23.2 Å². The van der Waals surface area contributed by atoms with Crippen molar-refractivity contribution in [3.05, 3.63) is 42.0 Å². The van der Waals surface area contributed by atoms with E-state index < -0.39 is 15.9 Å². The molecule has 0 radical (unpaired) electrons. The molecule has 2 aromatic carbocycles. The number of benzene rings is 2. The highest BCUT2D eigenvalue weighted by Crippen LogP contribution is 2.31. The molecule has 29 heavy (non-hydrogen) atoms. The van der Waals surface area contributed by atoms with Crippen molar-refractivity contribution in [2.24, 2.45) is 0 Å². The maximum atomic E-state index is 12.7. The Kier molecular flexibility index (Phi) is 4.89. The SMILES string of the molecule is COc1ccc(C(=O)Nc2ccc3c(c2)NC(=O)CO3)cc1S(=O)(=O)NC1CC1. The molecule has 0 unspecified atom stereocenters. The number of hydrogen-bond donors (Lipinski definition) is 3. The number of sulfonamides is 1. The van der Waals surface area contributed by atoms with E-state index in [2.05, 4.69) is 15.4 Å². The fraction of sp³-hybridized carbons (Fsp3) is 0.263. The average molecular weight is 417 g/mol. The molecule has 2 amide bonds. The normalized spacial score (nSPS) is 15.7. The summed E-state index contributed by atoms with van der Waals surface area (Å²) in [6.45, 7) is -0.0588. The van der Waals surface area contributed by atoms with Crippen molar-refractivity contribution in [2.45, 2.75) is 23.8 Å². The van der Waals surface area contributed by atoms with Crippen LogP contribution in [-0.4, -0.2) is 40.0 Å². The van der Waals surface area contributed by atoms with Gasteiger partial charge in [0.15, 0.2) is 6.61 Å². The maximum Gasteiger partial charge on any atom is 0.262 e. The summed E-state index contributed by atoms with van der Waals surface area (Å²) in [4.78, 5) is 24.0. The number of anilines is 2. The van der Waals surface area contributed by atoms with Crippen molar-refractivity contribution in [3.63, 3.8) is 0 Å². The van der Waals surface area contributed by atoms with Crippen LogP contribution in [0.2, 0.25) is 0 Å².